The molecule has 1 atom stereocenters. The molecule has 0 bridgehead atoms. The number of methoxy groups -OCH3 is 2. The molecule has 1 unspecified atom stereocenters. The molecule has 0 saturated carbocycles. The van der Waals surface area contributed by atoms with Gasteiger partial charge in [0, 0.05) is 24.6 Å². The zero-order valence-corrected chi connectivity index (χ0v) is 16.0. The number of aliphatic hydroxyl groups excluding tert-OH is 1. The number of para-hydroxylation sites is 2. The third kappa shape index (κ3) is 4.52. The monoisotopic (exact) mass is 370 g/mol. The molecule has 2 aromatic carbocycles. The summed E-state index contributed by atoms with van der Waals surface area (Å²) in [5.74, 6) is 2.87. The first-order chi connectivity index (χ1) is 13.1. The number of hydrogen-bond donors (Lipinski definition) is 1. The van der Waals surface area contributed by atoms with Crippen molar-refractivity contribution in [2.24, 2.45) is 0 Å². The first kappa shape index (κ1) is 19.0. The number of imidazole rings is 1. The van der Waals surface area contributed by atoms with E-state index in [0.29, 0.717) is 23.8 Å². The molecule has 144 valence electrons. The van der Waals surface area contributed by atoms with Gasteiger partial charge in [0.2, 0.25) is 0 Å². The van der Waals surface area contributed by atoms with Gasteiger partial charge in [0.15, 0.2) is 0 Å². The molecule has 1 aromatic heterocycles. The largest absolute Gasteiger partial charge is 0.496 e. The molecule has 0 aliphatic rings. The second-order valence-corrected chi connectivity index (χ2v) is 6.39. The van der Waals surface area contributed by atoms with E-state index in [4.69, 9.17) is 19.2 Å². The Bertz CT molecular complexity index is 869. The second-order valence-electron chi connectivity index (χ2n) is 6.39. The predicted molar refractivity (Wildman–Crippen MR) is 105 cm³/mol. The molecular formula is C21H26N2O4. The summed E-state index contributed by atoms with van der Waals surface area (Å²) in [6, 6.07) is 13.3. The summed E-state index contributed by atoms with van der Waals surface area (Å²) in [4.78, 5) is 4.70. The van der Waals surface area contributed by atoms with Gasteiger partial charge in [0.1, 0.15) is 35.8 Å². The van der Waals surface area contributed by atoms with Crippen molar-refractivity contribution in [3.63, 3.8) is 0 Å². The normalized spacial score (nSPS) is 12.1. The van der Waals surface area contributed by atoms with Crippen LogP contribution < -0.4 is 14.2 Å². The molecule has 0 fully saturated rings. The Labute approximate surface area is 159 Å². The molecule has 0 spiro atoms. The number of fused-ring (bicyclic) bond motifs is 1. The molecule has 27 heavy (non-hydrogen) atoms. The van der Waals surface area contributed by atoms with Gasteiger partial charge in [0.25, 0.3) is 0 Å². The SMILES string of the molecule is CCCc1nc2ccccc2n1CC(O)COc1cc(OC)cc(OC)c1. The van der Waals surface area contributed by atoms with Gasteiger partial charge < -0.3 is 23.9 Å². The molecule has 0 radical (unpaired) electrons. The van der Waals surface area contributed by atoms with E-state index in [1.54, 1.807) is 32.4 Å². The van der Waals surface area contributed by atoms with E-state index in [2.05, 4.69) is 11.5 Å². The minimum Gasteiger partial charge on any atom is -0.496 e. The van der Waals surface area contributed by atoms with Gasteiger partial charge >= 0.3 is 0 Å². The van der Waals surface area contributed by atoms with Crippen molar-refractivity contribution in [3.05, 3.63) is 48.3 Å². The summed E-state index contributed by atoms with van der Waals surface area (Å²) < 4.78 is 18.3. The van der Waals surface area contributed by atoms with Gasteiger partial charge in [-0.1, -0.05) is 19.1 Å². The van der Waals surface area contributed by atoms with Crippen molar-refractivity contribution in [3.8, 4) is 17.2 Å². The first-order valence-corrected chi connectivity index (χ1v) is 9.12. The molecule has 0 aliphatic carbocycles. The van der Waals surface area contributed by atoms with E-state index in [1.165, 1.54) is 0 Å². The minimum absolute atomic E-state index is 0.161. The molecular weight excluding hydrogens is 344 g/mol. The third-order valence-corrected chi connectivity index (χ3v) is 4.37. The fraction of sp³-hybridized carbons (Fsp3) is 0.381. The molecule has 0 aliphatic heterocycles. The highest BCUT2D eigenvalue weighted by atomic mass is 16.5. The standard InChI is InChI=1S/C21H26N2O4/c1-4-7-21-22-19-8-5-6-9-20(19)23(21)13-15(24)14-27-18-11-16(25-2)10-17(12-18)26-3/h5-6,8-12,15,24H,4,7,13-14H2,1-3H3. The maximum atomic E-state index is 10.6. The summed E-state index contributed by atoms with van der Waals surface area (Å²) in [5, 5.41) is 10.6. The highest BCUT2D eigenvalue weighted by molar-refractivity contribution is 5.75. The second kappa shape index (κ2) is 8.77. The van der Waals surface area contributed by atoms with Crippen molar-refractivity contribution in [1.29, 1.82) is 0 Å². The molecule has 0 amide bonds. The molecule has 1 heterocycles. The smallest absolute Gasteiger partial charge is 0.126 e. The van der Waals surface area contributed by atoms with Crippen molar-refractivity contribution >= 4 is 11.0 Å². The number of benzene rings is 2. The lowest BCUT2D eigenvalue weighted by atomic mass is 10.2. The van der Waals surface area contributed by atoms with Crippen molar-refractivity contribution in [2.75, 3.05) is 20.8 Å². The Balaban J connectivity index is 1.72. The summed E-state index contributed by atoms with van der Waals surface area (Å²) in [5.41, 5.74) is 1.98. The summed E-state index contributed by atoms with van der Waals surface area (Å²) >= 11 is 0. The van der Waals surface area contributed by atoms with Crippen LogP contribution in [-0.4, -0.2) is 41.6 Å². The van der Waals surface area contributed by atoms with E-state index in [1.807, 2.05) is 24.3 Å². The predicted octanol–water partition coefficient (Wildman–Crippen LogP) is 3.45. The zero-order chi connectivity index (χ0) is 19.2. The van der Waals surface area contributed by atoms with Gasteiger partial charge in [-0.15, -0.1) is 0 Å². The van der Waals surface area contributed by atoms with E-state index in [0.717, 1.165) is 29.7 Å². The minimum atomic E-state index is -0.671. The Morgan fingerprint density at radius 3 is 2.37 bits per heavy atom. The average Bonchev–Trinajstić information content (AvgIpc) is 3.03. The Morgan fingerprint density at radius 1 is 1.04 bits per heavy atom. The summed E-state index contributed by atoms with van der Waals surface area (Å²) in [7, 11) is 3.18. The van der Waals surface area contributed by atoms with Crippen LogP contribution in [0.15, 0.2) is 42.5 Å². The molecule has 0 saturated heterocycles. The van der Waals surface area contributed by atoms with Crippen LogP contribution in [0.25, 0.3) is 11.0 Å². The maximum Gasteiger partial charge on any atom is 0.126 e. The Kier molecular flexibility index (Phi) is 6.19. The molecule has 6 nitrogen and oxygen atoms in total. The van der Waals surface area contributed by atoms with Crippen LogP contribution in [0.4, 0.5) is 0 Å². The van der Waals surface area contributed by atoms with Crippen LogP contribution >= 0.6 is 0 Å². The fourth-order valence-electron chi connectivity index (χ4n) is 3.06. The van der Waals surface area contributed by atoms with E-state index in [9.17, 15) is 5.11 Å². The first-order valence-electron chi connectivity index (χ1n) is 9.12. The molecule has 3 rings (SSSR count). The van der Waals surface area contributed by atoms with Gasteiger partial charge in [-0.25, -0.2) is 4.98 Å². The summed E-state index contributed by atoms with van der Waals surface area (Å²) in [6.45, 7) is 2.71. The average molecular weight is 370 g/mol. The lowest BCUT2D eigenvalue weighted by Crippen LogP contribution is -2.24. The van der Waals surface area contributed by atoms with Gasteiger partial charge in [-0.3, -0.25) is 0 Å². The van der Waals surface area contributed by atoms with Gasteiger partial charge in [0.05, 0.1) is 31.8 Å². The lowest BCUT2D eigenvalue weighted by Gasteiger charge is -2.16. The fourth-order valence-corrected chi connectivity index (χ4v) is 3.06. The highest BCUT2D eigenvalue weighted by Crippen LogP contribution is 2.27. The Hall–Kier alpha value is -2.73. The Morgan fingerprint density at radius 2 is 1.70 bits per heavy atom. The van der Waals surface area contributed by atoms with E-state index >= 15 is 0 Å². The third-order valence-electron chi connectivity index (χ3n) is 4.37. The maximum absolute atomic E-state index is 10.6. The van der Waals surface area contributed by atoms with Gasteiger partial charge in [-0.05, 0) is 18.6 Å². The van der Waals surface area contributed by atoms with Crippen LogP contribution in [0.3, 0.4) is 0 Å². The zero-order valence-electron chi connectivity index (χ0n) is 16.0. The van der Waals surface area contributed by atoms with Gasteiger partial charge in [-0.2, -0.15) is 0 Å². The van der Waals surface area contributed by atoms with Crippen LogP contribution in [-0.2, 0) is 13.0 Å². The van der Waals surface area contributed by atoms with E-state index < -0.39 is 6.10 Å². The van der Waals surface area contributed by atoms with Crippen LogP contribution in [0.5, 0.6) is 17.2 Å². The number of ether oxygens (including phenoxy) is 3. The van der Waals surface area contributed by atoms with Crippen molar-refractivity contribution in [1.82, 2.24) is 9.55 Å². The number of aliphatic hydroxyl groups is 1. The molecule has 6 heteroatoms. The number of hydrogen-bond acceptors (Lipinski definition) is 5. The van der Waals surface area contributed by atoms with Crippen LogP contribution in [0.2, 0.25) is 0 Å². The van der Waals surface area contributed by atoms with E-state index in [-0.39, 0.29) is 6.61 Å². The number of aryl methyl sites for hydroxylation is 1. The topological polar surface area (TPSA) is 65.7 Å². The van der Waals surface area contributed by atoms with Crippen LogP contribution in [0, 0.1) is 0 Å². The number of aromatic nitrogens is 2. The number of rotatable bonds is 9. The quantitative estimate of drug-likeness (QED) is 0.625. The van der Waals surface area contributed by atoms with Crippen molar-refractivity contribution in [2.45, 2.75) is 32.4 Å². The lowest BCUT2D eigenvalue weighted by molar-refractivity contribution is 0.0924. The summed E-state index contributed by atoms with van der Waals surface area (Å²) in [6.07, 6.45) is 1.20. The van der Waals surface area contributed by atoms with Crippen molar-refractivity contribution < 1.29 is 19.3 Å². The van der Waals surface area contributed by atoms with Crippen LogP contribution in [0.1, 0.15) is 19.2 Å². The molecule has 3 aromatic rings. The molecule has 1 N–H and O–H groups in total. The highest BCUT2D eigenvalue weighted by Gasteiger charge is 2.14. The number of nitrogens with zero attached hydrogens (tertiary/aromatic N) is 2.